The van der Waals surface area contributed by atoms with Crippen molar-refractivity contribution in [2.75, 3.05) is 9.80 Å². The van der Waals surface area contributed by atoms with Gasteiger partial charge in [-0.1, -0.05) is 254 Å². The Bertz CT molecular complexity index is 4970. The van der Waals surface area contributed by atoms with Crippen LogP contribution < -0.4 is 9.80 Å². The minimum absolute atomic E-state index is 1.07. The van der Waals surface area contributed by atoms with Crippen LogP contribution in [0.3, 0.4) is 0 Å². The normalized spacial score (nSPS) is 11.3. The van der Waals surface area contributed by atoms with Gasteiger partial charge in [-0.15, -0.1) is 0 Å². The van der Waals surface area contributed by atoms with Crippen molar-refractivity contribution in [2.45, 2.75) is 13.8 Å². The van der Waals surface area contributed by atoms with Gasteiger partial charge in [0.05, 0.1) is 22.4 Å². The van der Waals surface area contributed by atoms with Gasteiger partial charge in [0.1, 0.15) is 0 Å². The Morgan fingerprint density at radius 2 is 0.479 bits per heavy atom. The van der Waals surface area contributed by atoms with Gasteiger partial charge in [-0.25, -0.2) is 0 Å². The number of hydrogen-bond donors (Lipinski definition) is 0. The van der Waals surface area contributed by atoms with Crippen LogP contribution in [0.1, 0.15) is 11.1 Å². The maximum absolute atomic E-state index is 2.48. The van der Waals surface area contributed by atoms with Gasteiger partial charge >= 0.3 is 0 Å². The maximum Gasteiger partial charge on any atom is 0.0619 e. The molecule has 2 heterocycles. The number of aromatic nitrogens is 2. The van der Waals surface area contributed by atoms with Crippen LogP contribution >= 0.6 is 0 Å². The van der Waals surface area contributed by atoms with Crippen LogP contribution in [0.5, 0.6) is 0 Å². The highest BCUT2D eigenvalue weighted by Gasteiger charge is 2.26. The summed E-state index contributed by atoms with van der Waals surface area (Å²) in [6.07, 6.45) is 0. The highest BCUT2D eigenvalue weighted by Crippen LogP contribution is 2.48. The molecular weight excluding hydrogens is 1140 g/mol. The van der Waals surface area contributed by atoms with Crippen molar-refractivity contribution in [3.8, 4) is 89.5 Å². The molecule has 14 aromatic carbocycles. The summed E-state index contributed by atoms with van der Waals surface area (Å²) in [5.41, 5.74) is 29.5. The largest absolute Gasteiger partial charge is 0.310 e. The van der Waals surface area contributed by atoms with Crippen LogP contribution in [0.2, 0.25) is 0 Å². The Labute approximate surface area is 550 Å². The SMILES string of the molecule is Cc1ccc(N(c2ccc(-n3c(-c4ccccc4)c(-c4ccccc4)c4cc(-c5ccc6c(c5)c(-c5ccccc5)c(-c5ccccc5)n6-c5ccc(N(c6ccc(C)cc6)c6cccc(-c7ccccc7)c6)cc5)ccc43)cc2)c2cccc(-c3ccccc3)c2)cc1. The molecule has 0 bridgehead atoms. The summed E-state index contributed by atoms with van der Waals surface area (Å²) in [6, 6.07) is 133. The first kappa shape index (κ1) is 57.0. The molecule has 0 saturated heterocycles. The van der Waals surface area contributed by atoms with E-state index in [4.69, 9.17) is 0 Å². The Kier molecular flexibility index (Phi) is 15.1. The summed E-state index contributed by atoms with van der Waals surface area (Å²) >= 11 is 0. The van der Waals surface area contributed by atoms with E-state index in [1.165, 1.54) is 55.3 Å². The summed E-state index contributed by atoms with van der Waals surface area (Å²) in [4.78, 5) is 4.73. The zero-order valence-electron chi connectivity index (χ0n) is 52.4. The lowest BCUT2D eigenvalue weighted by Crippen LogP contribution is -2.10. The molecule has 0 spiro atoms. The van der Waals surface area contributed by atoms with Crippen LogP contribution in [-0.4, -0.2) is 9.13 Å². The quantitative estimate of drug-likeness (QED) is 0.102. The minimum atomic E-state index is 1.07. The Hall–Kier alpha value is -12.2. The van der Waals surface area contributed by atoms with E-state index in [9.17, 15) is 0 Å². The molecule has 16 aromatic rings. The molecule has 4 heteroatoms. The zero-order chi connectivity index (χ0) is 62.9. The smallest absolute Gasteiger partial charge is 0.0619 e. The van der Waals surface area contributed by atoms with Crippen molar-refractivity contribution >= 4 is 55.9 Å². The lowest BCUT2D eigenvalue weighted by Gasteiger charge is -2.26. The van der Waals surface area contributed by atoms with Crippen molar-refractivity contribution in [3.63, 3.8) is 0 Å². The molecule has 2 aromatic heterocycles. The van der Waals surface area contributed by atoms with E-state index in [2.05, 4.69) is 397 Å². The van der Waals surface area contributed by atoms with Crippen LogP contribution in [0.4, 0.5) is 34.1 Å². The Morgan fingerprint density at radius 1 is 0.202 bits per heavy atom. The number of aryl methyl sites for hydroxylation is 2. The third-order valence-electron chi connectivity index (χ3n) is 18.2. The van der Waals surface area contributed by atoms with Crippen LogP contribution in [0.15, 0.2) is 364 Å². The first-order chi connectivity index (χ1) is 46.5. The van der Waals surface area contributed by atoms with Gasteiger partial charge < -0.3 is 18.9 Å². The molecule has 0 aliphatic rings. The highest BCUT2D eigenvalue weighted by molar-refractivity contribution is 6.10. The first-order valence-electron chi connectivity index (χ1n) is 32.3. The summed E-state index contributed by atoms with van der Waals surface area (Å²) < 4.78 is 4.95. The number of fused-ring (bicyclic) bond motifs is 2. The summed E-state index contributed by atoms with van der Waals surface area (Å²) in [5.74, 6) is 0. The van der Waals surface area contributed by atoms with Crippen molar-refractivity contribution in [3.05, 3.63) is 375 Å². The fraction of sp³-hybridized carbons (Fsp3) is 0.0222. The Morgan fingerprint density at radius 3 is 0.809 bits per heavy atom. The van der Waals surface area contributed by atoms with Crippen molar-refractivity contribution in [1.29, 1.82) is 0 Å². The third kappa shape index (κ3) is 10.8. The molecule has 0 aliphatic carbocycles. The van der Waals surface area contributed by atoms with Crippen LogP contribution in [-0.2, 0) is 0 Å². The number of rotatable bonds is 15. The second kappa shape index (κ2) is 24.9. The predicted octanol–water partition coefficient (Wildman–Crippen LogP) is 24.8. The molecule has 94 heavy (non-hydrogen) atoms. The van der Waals surface area contributed by atoms with E-state index >= 15 is 0 Å². The van der Waals surface area contributed by atoms with E-state index in [1.807, 2.05) is 0 Å². The predicted molar refractivity (Wildman–Crippen MR) is 397 cm³/mol. The van der Waals surface area contributed by atoms with Gasteiger partial charge in [-0.3, -0.25) is 0 Å². The van der Waals surface area contributed by atoms with E-state index in [-0.39, 0.29) is 0 Å². The van der Waals surface area contributed by atoms with Crippen molar-refractivity contribution in [2.24, 2.45) is 0 Å². The second-order valence-corrected chi connectivity index (χ2v) is 24.3. The van der Waals surface area contributed by atoms with E-state index < -0.39 is 0 Å². The average molecular weight is 1200 g/mol. The van der Waals surface area contributed by atoms with Crippen molar-refractivity contribution in [1.82, 2.24) is 9.13 Å². The first-order valence-corrected chi connectivity index (χ1v) is 32.3. The van der Waals surface area contributed by atoms with E-state index in [0.29, 0.717) is 0 Å². The molecule has 0 unspecified atom stereocenters. The molecule has 446 valence electrons. The van der Waals surface area contributed by atoms with E-state index in [1.54, 1.807) is 0 Å². The minimum Gasteiger partial charge on any atom is -0.310 e. The molecule has 0 aliphatic heterocycles. The van der Waals surface area contributed by atoms with Gasteiger partial charge in [0, 0.05) is 67.4 Å². The average Bonchev–Trinajstić information content (AvgIpc) is 1.55. The van der Waals surface area contributed by atoms with Gasteiger partial charge in [-0.05, 0) is 191 Å². The van der Waals surface area contributed by atoms with E-state index in [0.717, 1.165) is 101 Å². The monoisotopic (exact) mass is 1200 g/mol. The van der Waals surface area contributed by atoms with Gasteiger partial charge in [0.2, 0.25) is 0 Å². The van der Waals surface area contributed by atoms with Gasteiger partial charge in [-0.2, -0.15) is 0 Å². The number of nitrogens with zero attached hydrogens (tertiary/aromatic N) is 4. The molecule has 16 rings (SSSR count). The molecule has 0 amide bonds. The maximum atomic E-state index is 2.48. The van der Waals surface area contributed by atoms with Gasteiger partial charge in [0.15, 0.2) is 0 Å². The molecule has 0 fully saturated rings. The summed E-state index contributed by atoms with van der Waals surface area (Å²) in [5, 5.41) is 2.34. The van der Waals surface area contributed by atoms with Crippen molar-refractivity contribution < 1.29 is 0 Å². The third-order valence-corrected chi connectivity index (χ3v) is 18.2. The number of hydrogen-bond acceptors (Lipinski definition) is 2. The van der Waals surface area contributed by atoms with Crippen LogP contribution in [0.25, 0.3) is 111 Å². The fourth-order valence-electron chi connectivity index (χ4n) is 13.7. The highest BCUT2D eigenvalue weighted by atomic mass is 15.1. The molecule has 0 atom stereocenters. The number of anilines is 6. The summed E-state index contributed by atoms with van der Waals surface area (Å²) in [7, 11) is 0. The number of benzene rings is 14. The molecule has 4 nitrogen and oxygen atoms in total. The molecule has 0 saturated carbocycles. The lowest BCUT2D eigenvalue weighted by atomic mass is 9.94. The molecule has 0 radical (unpaired) electrons. The Balaban J connectivity index is 0.852. The topological polar surface area (TPSA) is 16.3 Å². The lowest BCUT2D eigenvalue weighted by molar-refractivity contribution is 1.13. The molecule has 0 N–H and O–H groups in total. The standard InChI is InChI=1S/C90H66N4/c1-63-39-45-75(46-40-63)91(81-37-21-35-71(59-81)65-23-9-3-10-24-65)77-49-53-79(54-50-77)93-85-57-43-73(61-83(85)87(67-27-13-5-14-28-67)89(93)69-31-17-7-18-32-69)74-44-58-86-84(62-74)88(68-29-15-6-16-30-68)90(70-33-19-8-20-34-70)94(86)80-55-51-78(52-56-80)92(76-47-41-64(2)42-48-76)82-38-22-36-72(60-82)66-25-11-4-12-26-66/h3-62H,1-2H3. The second-order valence-electron chi connectivity index (χ2n) is 24.3. The fourth-order valence-corrected chi connectivity index (χ4v) is 13.7. The zero-order valence-corrected chi connectivity index (χ0v) is 52.4. The molecular formula is C90H66N4. The van der Waals surface area contributed by atoms with Crippen LogP contribution in [0, 0.1) is 13.8 Å². The summed E-state index contributed by atoms with van der Waals surface area (Å²) in [6.45, 7) is 4.29. The van der Waals surface area contributed by atoms with Gasteiger partial charge in [0.25, 0.3) is 0 Å².